The van der Waals surface area contributed by atoms with Gasteiger partial charge in [0.05, 0.1) is 19.3 Å². The third-order valence-corrected chi connectivity index (χ3v) is 1.72. The summed E-state index contributed by atoms with van der Waals surface area (Å²) in [7, 11) is 1.62. The third kappa shape index (κ3) is 2.17. The molecule has 0 bridgehead atoms. The van der Waals surface area contributed by atoms with Crippen LogP contribution in [0.2, 0.25) is 0 Å². The monoisotopic (exact) mass is 159 g/mol. The molecular formula is C7H13NO3. The number of carbonyl (C=O) groups is 1. The van der Waals surface area contributed by atoms with Crippen molar-refractivity contribution in [3.05, 3.63) is 0 Å². The smallest absolute Gasteiger partial charge is 0.217 e. The Hall–Kier alpha value is -0.610. The Kier molecular flexibility index (Phi) is 2.84. The summed E-state index contributed by atoms with van der Waals surface area (Å²) in [5.41, 5.74) is 0. The summed E-state index contributed by atoms with van der Waals surface area (Å²) in [4.78, 5) is 10.6. The van der Waals surface area contributed by atoms with Gasteiger partial charge in [-0.2, -0.15) is 0 Å². The van der Waals surface area contributed by atoms with Crippen LogP contribution in [0, 0.1) is 0 Å². The molecule has 0 aromatic rings. The van der Waals surface area contributed by atoms with Crippen molar-refractivity contribution in [2.75, 3.05) is 20.3 Å². The lowest BCUT2D eigenvalue weighted by atomic mass is 10.2. The Labute approximate surface area is 65.9 Å². The van der Waals surface area contributed by atoms with Crippen molar-refractivity contribution < 1.29 is 14.3 Å². The summed E-state index contributed by atoms with van der Waals surface area (Å²) < 4.78 is 10.2. The number of amides is 1. The highest BCUT2D eigenvalue weighted by Gasteiger charge is 2.28. The topological polar surface area (TPSA) is 47.6 Å². The molecule has 1 fully saturated rings. The molecule has 0 spiro atoms. The van der Waals surface area contributed by atoms with E-state index in [-0.39, 0.29) is 18.1 Å². The predicted octanol–water partition coefficient (Wildman–Crippen LogP) is -0.464. The van der Waals surface area contributed by atoms with E-state index in [1.165, 1.54) is 6.92 Å². The van der Waals surface area contributed by atoms with Crippen LogP contribution in [-0.4, -0.2) is 38.4 Å². The maximum Gasteiger partial charge on any atom is 0.217 e. The SMILES string of the molecule is COC1COCC1NC(C)=O. The van der Waals surface area contributed by atoms with Crippen molar-refractivity contribution in [1.29, 1.82) is 0 Å². The molecule has 1 aliphatic heterocycles. The van der Waals surface area contributed by atoms with E-state index in [2.05, 4.69) is 5.32 Å². The van der Waals surface area contributed by atoms with Crippen LogP contribution in [0.5, 0.6) is 0 Å². The van der Waals surface area contributed by atoms with Gasteiger partial charge in [0.2, 0.25) is 5.91 Å². The summed E-state index contributed by atoms with van der Waals surface area (Å²) >= 11 is 0. The van der Waals surface area contributed by atoms with Crippen molar-refractivity contribution >= 4 is 5.91 Å². The van der Waals surface area contributed by atoms with Gasteiger partial charge in [0.25, 0.3) is 0 Å². The average molecular weight is 159 g/mol. The van der Waals surface area contributed by atoms with Crippen LogP contribution in [0.3, 0.4) is 0 Å². The first-order chi connectivity index (χ1) is 5.24. The molecule has 64 valence electrons. The van der Waals surface area contributed by atoms with Crippen LogP contribution in [0.25, 0.3) is 0 Å². The average Bonchev–Trinajstić information content (AvgIpc) is 2.34. The zero-order chi connectivity index (χ0) is 8.27. The number of ether oxygens (including phenoxy) is 2. The second kappa shape index (κ2) is 3.69. The van der Waals surface area contributed by atoms with Crippen LogP contribution in [0.1, 0.15) is 6.92 Å². The first kappa shape index (κ1) is 8.49. The van der Waals surface area contributed by atoms with Gasteiger partial charge < -0.3 is 14.8 Å². The normalized spacial score (nSPS) is 30.4. The molecular weight excluding hydrogens is 146 g/mol. The second-order valence-corrected chi connectivity index (χ2v) is 2.62. The first-order valence-corrected chi connectivity index (χ1v) is 3.61. The summed E-state index contributed by atoms with van der Waals surface area (Å²) in [6, 6.07) is 0.0255. The molecule has 1 rings (SSSR count). The van der Waals surface area contributed by atoms with Crippen LogP contribution in [0.15, 0.2) is 0 Å². The van der Waals surface area contributed by atoms with Gasteiger partial charge in [0.1, 0.15) is 6.10 Å². The number of rotatable bonds is 2. The van der Waals surface area contributed by atoms with E-state index < -0.39 is 0 Å². The van der Waals surface area contributed by atoms with Crippen molar-refractivity contribution in [2.24, 2.45) is 0 Å². The molecule has 0 aliphatic carbocycles. The minimum atomic E-state index is -0.0393. The van der Waals surface area contributed by atoms with Gasteiger partial charge in [-0.15, -0.1) is 0 Å². The first-order valence-electron chi connectivity index (χ1n) is 3.61. The summed E-state index contributed by atoms with van der Waals surface area (Å²) in [5, 5.41) is 2.75. The standard InChI is InChI=1S/C7H13NO3/c1-5(9)8-6-3-11-4-7(6)10-2/h6-7H,3-4H2,1-2H3,(H,8,9). The van der Waals surface area contributed by atoms with Crippen molar-refractivity contribution in [2.45, 2.75) is 19.1 Å². The Morgan fingerprint density at radius 2 is 2.36 bits per heavy atom. The van der Waals surface area contributed by atoms with Crippen molar-refractivity contribution in [1.82, 2.24) is 5.32 Å². The van der Waals surface area contributed by atoms with E-state index in [4.69, 9.17) is 9.47 Å². The Morgan fingerprint density at radius 1 is 1.64 bits per heavy atom. The molecule has 2 unspecified atom stereocenters. The Bertz CT molecular complexity index is 149. The molecule has 1 N–H and O–H groups in total. The fraction of sp³-hybridized carbons (Fsp3) is 0.857. The molecule has 1 amide bonds. The van der Waals surface area contributed by atoms with E-state index >= 15 is 0 Å². The number of hydrogen-bond acceptors (Lipinski definition) is 3. The lowest BCUT2D eigenvalue weighted by Crippen LogP contribution is -2.42. The minimum absolute atomic E-state index is 0.0129. The molecule has 1 saturated heterocycles. The van der Waals surface area contributed by atoms with E-state index in [0.29, 0.717) is 13.2 Å². The number of carbonyl (C=O) groups excluding carboxylic acids is 1. The van der Waals surface area contributed by atoms with Crippen LogP contribution in [0.4, 0.5) is 0 Å². The van der Waals surface area contributed by atoms with Crippen LogP contribution < -0.4 is 5.32 Å². The van der Waals surface area contributed by atoms with Gasteiger partial charge in [-0.1, -0.05) is 0 Å². The molecule has 0 radical (unpaired) electrons. The van der Waals surface area contributed by atoms with Gasteiger partial charge >= 0.3 is 0 Å². The molecule has 4 nitrogen and oxygen atoms in total. The third-order valence-electron chi connectivity index (χ3n) is 1.72. The zero-order valence-electron chi connectivity index (χ0n) is 6.79. The summed E-state index contributed by atoms with van der Waals surface area (Å²) in [6.07, 6.45) is 0.0129. The van der Waals surface area contributed by atoms with E-state index in [1.54, 1.807) is 7.11 Å². The van der Waals surface area contributed by atoms with E-state index in [1.807, 2.05) is 0 Å². The van der Waals surface area contributed by atoms with Crippen molar-refractivity contribution in [3.8, 4) is 0 Å². The molecule has 4 heteroatoms. The lowest BCUT2D eigenvalue weighted by Gasteiger charge is -2.15. The van der Waals surface area contributed by atoms with Gasteiger partial charge in [-0.05, 0) is 0 Å². The quantitative estimate of drug-likeness (QED) is 0.593. The van der Waals surface area contributed by atoms with Crippen molar-refractivity contribution in [3.63, 3.8) is 0 Å². The highest BCUT2D eigenvalue weighted by Crippen LogP contribution is 2.08. The van der Waals surface area contributed by atoms with Gasteiger partial charge in [-0.25, -0.2) is 0 Å². The second-order valence-electron chi connectivity index (χ2n) is 2.62. The fourth-order valence-electron chi connectivity index (χ4n) is 1.16. The zero-order valence-corrected chi connectivity index (χ0v) is 6.79. The van der Waals surface area contributed by atoms with Crippen LogP contribution >= 0.6 is 0 Å². The molecule has 1 aliphatic rings. The minimum Gasteiger partial charge on any atom is -0.377 e. The molecule has 11 heavy (non-hydrogen) atoms. The van der Waals surface area contributed by atoms with Crippen LogP contribution in [-0.2, 0) is 14.3 Å². The number of nitrogens with one attached hydrogen (secondary N) is 1. The Morgan fingerprint density at radius 3 is 2.91 bits per heavy atom. The maximum absolute atomic E-state index is 10.6. The fourth-order valence-corrected chi connectivity index (χ4v) is 1.16. The molecule has 0 saturated carbocycles. The van der Waals surface area contributed by atoms with Gasteiger partial charge in [-0.3, -0.25) is 4.79 Å². The maximum atomic E-state index is 10.6. The van der Waals surface area contributed by atoms with E-state index in [0.717, 1.165) is 0 Å². The summed E-state index contributed by atoms with van der Waals surface area (Å²) in [5.74, 6) is -0.0393. The highest BCUT2D eigenvalue weighted by molar-refractivity contribution is 5.73. The lowest BCUT2D eigenvalue weighted by molar-refractivity contribution is -0.120. The summed E-state index contributed by atoms with van der Waals surface area (Å²) in [6.45, 7) is 2.62. The largest absolute Gasteiger partial charge is 0.377 e. The number of hydrogen-bond donors (Lipinski definition) is 1. The Balaban J connectivity index is 2.37. The highest BCUT2D eigenvalue weighted by atomic mass is 16.5. The number of methoxy groups -OCH3 is 1. The van der Waals surface area contributed by atoms with Gasteiger partial charge in [0, 0.05) is 14.0 Å². The van der Waals surface area contributed by atoms with E-state index in [9.17, 15) is 4.79 Å². The van der Waals surface area contributed by atoms with Gasteiger partial charge in [0.15, 0.2) is 0 Å². The predicted molar refractivity (Wildman–Crippen MR) is 39.2 cm³/mol. The molecule has 2 atom stereocenters. The molecule has 0 aromatic carbocycles. The molecule has 1 heterocycles. The molecule has 0 aromatic heterocycles.